The van der Waals surface area contributed by atoms with Crippen molar-refractivity contribution in [3.63, 3.8) is 0 Å². The maximum absolute atomic E-state index is 4.39. The minimum absolute atomic E-state index is 0.494. The van der Waals surface area contributed by atoms with Crippen LogP contribution in [0.4, 0.5) is 0 Å². The molecule has 0 fully saturated rings. The lowest BCUT2D eigenvalue weighted by molar-refractivity contribution is 0.661. The van der Waals surface area contributed by atoms with Gasteiger partial charge in [-0.25, -0.2) is 0 Å². The topological polar surface area (TPSA) is 0 Å². The fourth-order valence-corrected chi connectivity index (χ4v) is 2.85. The van der Waals surface area contributed by atoms with Gasteiger partial charge in [-0.05, 0) is 93.7 Å². The Labute approximate surface area is 174 Å². The lowest BCUT2D eigenvalue weighted by Crippen LogP contribution is -2.01. The highest BCUT2D eigenvalue weighted by Gasteiger charge is 2.12. The highest BCUT2D eigenvalue weighted by atomic mass is 14.2. The summed E-state index contributed by atoms with van der Waals surface area (Å²) in [6.45, 7) is 26.5. The maximum Gasteiger partial charge on any atom is -0.0187 e. The van der Waals surface area contributed by atoms with E-state index in [0.717, 1.165) is 12.8 Å². The molecule has 1 rings (SSSR count). The molecule has 0 saturated carbocycles. The van der Waals surface area contributed by atoms with E-state index in [1.807, 2.05) is 19.1 Å². The van der Waals surface area contributed by atoms with Crippen LogP contribution in [-0.2, 0) is 0 Å². The summed E-state index contributed by atoms with van der Waals surface area (Å²) in [5.74, 6) is 0.494. The summed E-state index contributed by atoms with van der Waals surface area (Å²) in [6.07, 6.45) is 12.2. The predicted octanol–water partition coefficient (Wildman–Crippen LogP) is 9.12. The van der Waals surface area contributed by atoms with Crippen molar-refractivity contribution in [3.8, 4) is 0 Å². The van der Waals surface area contributed by atoms with Crippen molar-refractivity contribution < 1.29 is 0 Å². The molecule has 0 bridgehead atoms. The van der Waals surface area contributed by atoms with Crippen molar-refractivity contribution in [2.24, 2.45) is 5.92 Å². The van der Waals surface area contributed by atoms with Crippen LogP contribution in [-0.4, -0.2) is 0 Å². The summed E-state index contributed by atoms with van der Waals surface area (Å²) in [4.78, 5) is 0. The number of benzene rings is 1. The monoisotopic (exact) mass is 376 g/mol. The van der Waals surface area contributed by atoms with E-state index < -0.39 is 0 Å². The first-order valence-electron chi connectivity index (χ1n) is 10.2. The van der Waals surface area contributed by atoms with Crippen LogP contribution in [0.5, 0.6) is 0 Å². The van der Waals surface area contributed by atoms with Gasteiger partial charge in [0.25, 0.3) is 0 Å². The van der Waals surface area contributed by atoms with Crippen molar-refractivity contribution in [2.45, 2.75) is 61.3 Å². The van der Waals surface area contributed by atoms with Gasteiger partial charge in [-0.2, -0.15) is 0 Å². The smallest absolute Gasteiger partial charge is 0.0187 e. The average Bonchev–Trinajstić information content (AvgIpc) is 2.69. The predicted molar refractivity (Wildman–Crippen MR) is 132 cm³/mol. The third-order valence-corrected chi connectivity index (χ3v) is 5.14. The number of aryl methyl sites for hydroxylation is 1. The SMILES string of the molecule is C=C/C=C\C(C)=C(/C)c1ccc(C(=C)C(C)CC/C(C)=C/C)c(C)c1.C=CC. The summed E-state index contributed by atoms with van der Waals surface area (Å²) in [7, 11) is 0. The fourth-order valence-electron chi connectivity index (χ4n) is 2.85. The van der Waals surface area contributed by atoms with Crippen LogP contribution in [0.15, 0.2) is 79.5 Å². The zero-order valence-corrected chi connectivity index (χ0v) is 19.2. The largest absolute Gasteiger partial charge is 0.103 e. The summed E-state index contributed by atoms with van der Waals surface area (Å²) < 4.78 is 0. The van der Waals surface area contributed by atoms with Gasteiger partial charge in [-0.3, -0.25) is 0 Å². The second kappa shape index (κ2) is 13.8. The molecular formula is C28H40. The van der Waals surface area contributed by atoms with Crippen molar-refractivity contribution >= 4 is 11.1 Å². The molecule has 0 spiro atoms. The van der Waals surface area contributed by atoms with E-state index in [2.05, 4.69) is 91.6 Å². The molecule has 0 aromatic heterocycles. The van der Waals surface area contributed by atoms with Crippen LogP contribution < -0.4 is 0 Å². The summed E-state index contributed by atoms with van der Waals surface area (Å²) >= 11 is 0. The van der Waals surface area contributed by atoms with E-state index in [4.69, 9.17) is 0 Å². The molecule has 0 radical (unpaired) electrons. The first-order valence-corrected chi connectivity index (χ1v) is 10.2. The normalized spacial score (nSPS) is 13.3. The number of allylic oxidation sites excluding steroid dienone is 9. The number of hydrogen-bond acceptors (Lipinski definition) is 0. The summed E-state index contributed by atoms with van der Waals surface area (Å²) in [5.41, 5.74) is 9.14. The van der Waals surface area contributed by atoms with Crippen LogP contribution >= 0.6 is 0 Å². The van der Waals surface area contributed by atoms with E-state index in [-0.39, 0.29) is 0 Å². The third kappa shape index (κ3) is 8.57. The van der Waals surface area contributed by atoms with E-state index in [9.17, 15) is 0 Å². The van der Waals surface area contributed by atoms with Crippen molar-refractivity contribution in [1.82, 2.24) is 0 Å². The van der Waals surface area contributed by atoms with Gasteiger partial charge in [0.1, 0.15) is 0 Å². The highest BCUT2D eigenvalue weighted by Crippen LogP contribution is 2.30. The molecule has 152 valence electrons. The van der Waals surface area contributed by atoms with Crippen LogP contribution in [0.3, 0.4) is 0 Å². The maximum atomic E-state index is 4.39. The molecule has 0 heteroatoms. The van der Waals surface area contributed by atoms with Gasteiger partial charge in [0.15, 0.2) is 0 Å². The summed E-state index contributed by atoms with van der Waals surface area (Å²) in [5, 5.41) is 0. The van der Waals surface area contributed by atoms with E-state index in [0.29, 0.717) is 5.92 Å². The molecule has 28 heavy (non-hydrogen) atoms. The first-order chi connectivity index (χ1) is 13.2. The lowest BCUT2D eigenvalue weighted by Gasteiger charge is -2.18. The van der Waals surface area contributed by atoms with Crippen LogP contribution in [0, 0.1) is 12.8 Å². The quantitative estimate of drug-likeness (QED) is 0.313. The molecule has 0 nitrogen and oxygen atoms in total. The molecule has 0 amide bonds. The Morgan fingerprint density at radius 3 is 2.21 bits per heavy atom. The minimum Gasteiger partial charge on any atom is -0.103 e. The average molecular weight is 377 g/mol. The minimum atomic E-state index is 0.494. The Kier molecular flexibility index (Phi) is 12.6. The molecular weight excluding hydrogens is 336 g/mol. The molecule has 1 atom stereocenters. The highest BCUT2D eigenvalue weighted by molar-refractivity contribution is 5.74. The van der Waals surface area contributed by atoms with Crippen molar-refractivity contribution in [2.75, 3.05) is 0 Å². The van der Waals surface area contributed by atoms with Crippen LogP contribution in [0.1, 0.15) is 71.1 Å². The van der Waals surface area contributed by atoms with E-state index in [1.54, 1.807) is 6.08 Å². The lowest BCUT2D eigenvalue weighted by atomic mass is 9.87. The third-order valence-electron chi connectivity index (χ3n) is 5.14. The standard InChI is InChI=1S/C25H34.C3H6/c1-9-11-12-19(4)22(7)24-15-16-25(21(6)17-24)23(8)20(5)14-13-18(3)10-2;1-3-2/h9-12,15-17,20H,1,8,13-14H2,2-7H3;3H,1H2,2H3/b12-11-,18-10+,22-19+;. The van der Waals surface area contributed by atoms with E-state index >= 15 is 0 Å². The van der Waals surface area contributed by atoms with Gasteiger partial charge in [0.2, 0.25) is 0 Å². The Balaban J connectivity index is 0.00000227. The summed E-state index contributed by atoms with van der Waals surface area (Å²) in [6, 6.07) is 6.74. The second-order valence-electron chi connectivity index (χ2n) is 7.44. The zero-order chi connectivity index (χ0) is 21.7. The molecule has 1 aromatic rings. The Bertz CT molecular complexity index is 750. The van der Waals surface area contributed by atoms with Gasteiger partial charge in [0.05, 0.1) is 0 Å². The van der Waals surface area contributed by atoms with Gasteiger partial charge in [0, 0.05) is 0 Å². The molecule has 0 aliphatic rings. The molecule has 1 aromatic carbocycles. The number of hydrogen-bond donors (Lipinski definition) is 0. The first kappa shape index (κ1) is 25.7. The Morgan fingerprint density at radius 2 is 1.71 bits per heavy atom. The molecule has 0 saturated heterocycles. The van der Waals surface area contributed by atoms with Gasteiger partial charge < -0.3 is 0 Å². The molecule has 0 heterocycles. The molecule has 1 unspecified atom stereocenters. The van der Waals surface area contributed by atoms with E-state index in [1.165, 1.54) is 39.0 Å². The van der Waals surface area contributed by atoms with Gasteiger partial charge in [-0.1, -0.05) is 74.2 Å². The molecule has 0 N–H and O–H groups in total. The molecule has 0 aliphatic heterocycles. The van der Waals surface area contributed by atoms with Crippen LogP contribution in [0.2, 0.25) is 0 Å². The van der Waals surface area contributed by atoms with Gasteiger partial charge >= 0.3 is 0 Å². The zero-order valence-electron chi connectivity index (χ0n) is 19.2. The van der Waals surface area contributed by atoms with Crippen molar-refractivity contribution in [1.29, 1.82) is 0 Å². The Morgan fingerprint density at radius 1 is 1.11 bits per heavy atom. The van der Waals surface area contributed by atoms with Crippen LogP contribution in [0.25, 0.3) is 11.1 Å². The second-order valence-corrected chi connectivity index (χ2v) is 7.44. The Hall–Kier alpha value is -2.34. The fraction of sp³-hybridized carbons (Fsp3) is 0.357. The van der Waals surface area contributed by atoms with Gasteiger partial charge in [-0.15, -0.1) is 6.58 Å². The molecule has 0 aliphatic carbocycles. The number of rotatable bonds is 8. The van der Waals surface area contributed by atoms with Crippen molar-refractivity contribution in [3.05, 3.63) is 96.2 Å².